The molecule has 0 aliphatic carbocycles. The average Bonchev–Trinajstić information content (AvgIpc) is 2.87. The molecule has 0 radical (unpaired) electrons. The summed E-state index contributed by atoms with van der Waals surface area (Å²) < 4.78 is 16.5. The van der Waals surface area contributed by atoms with Gasteiger partial charge in [0.05, 0.1) is 0 Å². The Balaban J connectivity index is 1.98. The number of nitrogens with zero attached hydrogens (tertiary/aromatic N) is 1. The zero-order chi connectivity index (χ0) is 12.4. The van der Waals surface area contributed by atoms with Gasteiger partial charge in [0, 0.05) is 12.1 Å². The van der Waals surface area contributed by atoms with Crippen molar-refractivity contribution in [1.29, 1.82) is 0 Å². The van der Waals surface area contributed by atoms with E-state index in [0.717, 1.165) is 28.5 Å². The van der Waals surface area contributed by atoms with E-state index >= 15 is 0 Å². The van der Waals surface area contributed by atoms with Crippen molar-refractivity contribution in [3.8, 4) is 22.8 Å². The highest BCUT2D eigenvalue weighted by Gasteiger charge is 2.16. The number of benzene rings is 1. The van der Waals surface area contributed by atoms with Crippen molar-refractivity contribution in [3.63, 3.8) is 0 Å². The first-order valence-electron chi connectivity index (χ1n) is 5.85. The molecule has 0 bridgehead atoms. The normalized spacial score (nSPS) is 13.6. The molecule has 1 aromatic heterocycles. The Kier molecular flexibility index (Phi) is 2.90. The second-order valence-electron chi connectivity index (χ2n) is 4.02. The van der Waals surface area contributed by atoms with Crippen LogP contribution in [-0.2, 0) is 6.54 Å². The first kappa shape index (κ1) is 11.1. The number of aromatic nitrogens is 1. The number of hydrogen-bond donors (Lipinski definition) is 1. The molecule has 0 unspecified atom stereocenters. The molecule has 2 heterocycles. The predicted molar refractivity (Wildman–Crippen MR) is 65.7 cm³/mol. The van der Waals surface area contributed by atoms with Gasteiger partial charge in [0.15, 0.2) is 23.7 Å². The SMILES string of the molecule is CNCc1ncoc1-c1ccc2c(c1)OCCO2. The van der Waals surface area contributed by atoms with Crippen LogP contribution in [0.4, 0.5) is 0 Å². The number of oxazole rings is 1. The molecule has 3 rings (SSSR count). The van der Waals surface area contributed by atoms with E-state index in [2.05, 4.69) is 10.3 Å². The lowest BCUT2D eigenvalue weighted by atomic mass is 10.1. The maximum atomic E-state index is 5.56. The van der Waals surface area contributed by atoms with Crippen LogP contribution in [0.15, 0.2) is 29.0 Å². The van der Waals surface area contributed by atoms with Gasteiger partial charge in [-0.2, -0.15) is 0 Å². The van der Waals surface area contributed by atoms with Gasteiger partial charge in [-0.3, -0.25) is 0 Å². The molecule has 2 aromatic rings. The molecule has 1 aliphatic heterocycles. The third-order valence-corrected chi connectivity index (χ3v) is 2.79. The fourth-order valence-electron chi connectivity index (χ4n) is 1.98. The van der Waals surface area contributed by atoms with Crippen molar-refractivity contribution in [2.75, 3.05) is 20.3 Å². The van der Waals surface area contributed by atoms with E-state index in [0.29, 0.717) is 19.8 Å². The van der Waals surface area contributed by atoms with Crippen molar-refractivity contribution < 1.29 is 13.9 Å². The first-order chi connectivity index (χ1) is 8.88. The Labute approximate surface area is 105 Å². The van der Waals surface area contributed by atoms with Gasteiger partial charge < -0.3 is 19.2 Å². The Bertz CT molecular complexity index is 551. The highest BCUT2D eigenvalue weighted by atomic mass is 16.6. The number of nitrogens with one attached hydrogen (secondary N) is 1. The third kappa shape index (κ3) is 1.93. The summed E-state index contributed by atoms with van der Waals surface area (Å²) in [5.41, 5.74) is 1.83. The fraction of sp³-hybridized carbons (Fsp3) is 0.308. The van der Waals surface area contributed by atoms with E-state index in [-0.39, 0.29) is 0 Å². The summed E-state index contributed by atoms with van der Waals surface area (Å²) in [6, 6.07) is 5.77. The van der Waals surface area contributed by atoms with Crippen LogP contribution in [-0.4, -0.2) is 25.2 Å². The highest BCUT2D eigenvalue weighted by Crippen LogP contribution is 2.35. The molecule has 0 saturated heterocycles. The summed E-state index contributed by atoms with van der Waals surface area (Å²) >= 11 is 0. The highest BCUT2D eigenvalue weighted by molar-refractivity contribution is 5.64. The molecular formula is C13H14N2O3. The van der Waals surface area contributed by atoms with E-state index in [1.807, 2.05) is 25.2 Å². The monoisotopic (exact) mass is 246 g/mol. The lowest BCUT2D eigenvalue weighted by molar-refractivity contribution is 0.171. The van der Waals surface area contributed by atoms with Crippen molar-refractivity contribution in [1.82, 2.24) is 10.3 Å². The largest absolute Gasteiger partial charge is 0.486 e. The van der Waals surface area contributed by atoms with Crippen LogP contribution in [0.5, 0.6) is 11.5 Å². The molecule has 0 amide bonds. The second kappa shape index (κ2) is 4.70. The molecule has 0 saturated carbocycles. The molecule has 18 heavy (non-hydrogen) atoms. The topological polar surface area (TPSA) is 56.5 Å². The van der Waals surface area contributed by atoms with E-state index in [1.165, 1.54) is 6.39 Å². The van der Waals surface area contributed by atoms with Gasteiger partial charge in [-0.25, -0.2) is 4.98 Å². The van der Waals surface area contributed by atoms with Gasteiger partial charge >= 0.3 is 0 Å². The van der Waals surface area contributed by atoms with Crippen LogP contribution < -0.4 is 14.8 Å². The number of fused-ring (bicyclic) bond motifs is 1. The van der Waals surface area contributed by atoms with E-state index < -0.39 is 0 Å². The van der Waals surface area contributed by atoms with Crippen LogP contribution in [0.1, 0.15) is 5.69 Å². The summed E-state index contributed by atoms with van der Waals surface area (Å²) in [5, 5.41) is 3.06. The number of ether oxygens (including phenoxy) is 2. The minimum absolute atomic E-state index is 0.580. The van der Waals surface area contributed by atoms with Gasteiger partial charge in [0.2, 0.25) is 0 Å². The first-order valence-corrected chi connectivity index (χ1v) is 5.85. The standard InChI is InChI=1S/C13H14N2O3/c1-14-7-10-13(18-8-15-10)9-2-3-11-12(6-9)17-5-4-16-11/h2-3,6,8,14H,4-5,7H2,1H3. The van der Waals surface area contributed by atoms with E-state index in [9.17, 15) is 0 Å². The predicted octanol–water partition coefficient (Wildman–Crippen LogP) is 1.83. The van der Waals surface area contributed by atoms with Crippen LogP contribution in [0.25, 0.3) is 11.3 Å². The summed E-state index contributed by atoms with van der Waals surface area (Å²) in [7, 11) is 1.88. The fourth-order valence-corrected chi connectivity index (χ4v) is 1.98. The maximum absolute atomic E-state index is 5.56. The lowest BCUT2D eigenvalue weighted by Crippen LogP contribution is -2.15. The van der Waals surface area contributed by atoms with Crippen molar-refractivity contribution in [2.24, 2.45) is 0 Å². The maximum Gasteiger partial charge on any atom is 0.181 e. The van der Waals surface area contributed by atoms with Crippen molar-refractivity contribution in [2.45, 2.75) is 6.54 Å². The Hall–Kier alpha value is -2.01. The van der Waals surface area contributed by atoms with Crippen molar-refractivity contribution in [3.05, 3.63) is 30.3 Å². The Morgan fingerprint density at radius 1 is 1.22 bits per heavy atom. The summed E-state index contributed by atoms with van der Waals surface area (Å²) in [6.07, 6.45) is 1.46. The third-order valence-electron chi connectivity index (χ3n) is 2.79. The van der Waals surface area contributed by atoms with Crippen LogP contribution >= 0.6 is 0 Å². The Morgan fingerprint density at radius 3 is 2.89 bits per heavy atom. The van der Waals surface area contributed by atoms with Crippen LogP contribution in [0.3, 0.4) is 0 Å². The van der Waals surface area contributed by atoms with Gasteiger partial charge in [-0.1, -0.05) is 0 Å². The molecule has 0 fully saturated rings. The van der Waals surface area contributed by atoms with Gasteiger partial charge in [0.25, 0.3) is 0 Å². The molecule has 5 heteroatoms. The van der Waals surface area contributed by atoms with Gasteiger partial charge in [-0.15, -0.1) is 0 Å². The zero-order valence-corrected chi connectivity index (χ0v) is 10.1. The lowest BCUT2D eigenvalue weighted by Gasteiger charge is -2.18. The smallest absolute Gasteiger partial charge is 0.181 e. The minimum Gasteiger partial charge on any atom is -0.486 e. The summed E-state index contributed by atoms with van der Waals surface area (Å²) in [5.74, 6) is 2.30. The zero-order valence-electron chi connectivity index (χ0n) is 10.1. The number of hydrogen-bond acceptors (Lipinski definition) is 5. The summed E-state index contributed by atoms with van der Waals surface area (Å²) in [4.78, 5) is 4.19. The minimum atomic E-state index is 0.580. The molecule has 1 aliphatic rings. The average molecular weight is 246 g/mol. The summed E-state index contributed by atoms with van der Waals surface area (Å²) in [6.45, 7) is 1.84. The molecule has 0 spiro atoms. The van der Waals surface area contributed by atoms with E-state index in [1.54, 1.807) is 0 Å². The second-order valence-corrected chi connectivity index (χ2v) is 4.02. The molecule has 0 atom stereocenters. The van der Waals surface area contributed by atoms with E-state index in [4.69, 9.17) is 13.9 Å². The number of rotatable bonds is 3. The molecule has 1 aromatic carbocycles. The van der Waals surface area contributed by atoms with Crippen LogP contribution in [0, 0.1) is 0 Å². The van der Waals surface area contributed by atoms with Gasteiger partial charge in [-0.05, 0) is 25.2 Å². The Morgan fingerprint density at radius 2 is 2.06 bits per heavy atom. The molecule has 1 N–H and O–H groups in total. The quantitative estimate of drug-likeness (QED) is 0.895. The van der Waals surface area contributed by atoms with Crippen LogP contribution in [0.2, 0.25) is 0 Å². The molecule has 94 valence electrons. The molecular weight excluding hydrogens is 232 g/mol. The van der Waals surface area contributed by atoms with Gasteiger partial charge in [0.1, 0.15) is 18.9 Å². The molecule has 5 nitrogen and oxygen atoms in total. The van der Waals surface area contributed by atoms with Crippen molar-refractivity contribution >= 4 is 0 Å².